The van der Waals surface area contributed by atoms with Crippen LogP contribution < -0.4 is 10.6 Å². The molecular weight excluding hydrogens is 248 g/mol. The summed E-state index contributed by atoms with van der Waals surface area (Å²) in [6.45, 7) is 5.51. The second kappa shape index (κ2) is 5.21. The maximum atomic E-state index is 6.02. The van der Waals surface area contributed by atoms with Crippen molar-refractivity contribution in [2.45, 2.75) is 26.3 Å². The summed E-state index contributed by atoms with van der Waals surface area (Å²) in [5.41, 5.74) is 10.7. The van der Waals surface area contributed by atoms with E-state index in [2.05, 4.69) is 39.1 Å². The first-order valence-corrected chi connectivity index (χ1v) is 7.06. The third-order valence-corrected chi connectivity index (χ3v) is 3.86. The summed E-state index contributed by atoms with van der Waals surface area (Å²) in [6.07, 6.45) is 1.02. The van der Waals surface area contributed by atoms with Crippen LogP contribution in [0.4, 0.5) is 5.95 Å². The van der Waals surface area contributed by atoms with Gasteiger partial charge in [0.1, 0.15) is 0 Å². The van der Waals surface area contributed by atoms with Gasteiger partial charge in [0.05, 0.1) is 6.04 Å². The Morgan fingerprint density at radius 1 is 1.20 bits per heavy atom. The highest BCUT2D eigenvalue weighted by molar-refractivity contribution is 5.44. The molecule has 1 aliphatic heterocycles. The molecule has 0 saturated heterocycles. The summed E-state index contributed by atoms with van der Waals surface area (Å²) in [7, 11) is 0. The second-order valence-corrected chi connectivity index (χ2v) is 5.34. The molecule has 0 aliphatic carbocycles. The van der Waals surface area contributed by atoms with Gasteiger partial charge in [-0.05, 0) is 37.5 Å². The molecule has 1 atom stereocenters. The first-order chi connectivity index (χ1) is 9.69. The fraction of sp³-hybridized carbons (Fsp3) is 0.375. The van der Waals surface area contributed by atoms with Crippen LogP contribution in [0.3, 0.4) is 0 Å². The van der Waals surface area contributed by atoms with Crippen molar-refractivity contribution in [1.82, 2.24) is 9.97 Å². The lowest BCUT2D eigenvalue weighted by Crippen LogP contribution is -2.40. The van der Waals surface area contributed by atoms with Crippen LogP contribution in [-0.2, 0) is 6.42 Å². The van der Waals surface area contributed by atoms with Gasteiger partial charge in [0.25, 0.3) is 0 Å². The molecule has 104 valence electrons. The molecule has 1 aromatic heterocycles. The van der Waals surface area contributed by atoms with Gasteiger partial charge in [-0.2, -0.15) is 0 Å². The van der Waals surface area contributed by atoms with Crippen molar-refractivity contribution in [1.29, 1.82) is 0 Å². The quantitative estimate of drug-likeness (QED) is 0.907. The van der Waals surface area contributed by atoms with Crippen molar-refractivity contribution in [2.24, 2.45) is 5.73 Å². The minimum absolute atomic E-state index is 0.168. The standard InChI is InChI=1S/C16H20N4/c1-11-9-12(2)19-16(18-11)20-8-7-13-5-3-4-6-14(13)15(20)10-17/h3-6,9,15H,7-8,10,17H2,1-2H3. The Bertz CT molecular complexity index is 603. The molecule has 0 radical (unpaired) electrons. The first kappa shape index (κ1) is 13.1. The Balaban J connectivity index is 2.02. The third-order valence-electron chi connectivity index (χ3n) is 3.86. The predicted octanol–water partition coefficient (Wildman–Crippen LogP) is 2.16. The number of nitrogens with two attached hydrogens (primary N) is 1. The maximum Gasteiger partial charge on any atom is 0.226 e. The first-order valence-electron chi connectivity index (χ1n) is 7.06. The number of aromatic nitrogens is 2. The van der Waals surface area contributed by atoms with Crippen molar-refractivity contribution in [3.05, 3.63) is 52.8 Å². The van der Waals surface area contributed by atoms with Crippen LogP contribution in [0.5, 0.6) is 0 Å². The van der Waals surface area contributed by atoms with E-state index in [-0.39, 0.29) is 6.04 Å². The van der Waals surface area contributed by atoms with E-state index in [0.29, 0.717) is 6.54 Å². The largest absolute Gasteiger partial charge is 0.332 e. The SMILES string of the molecule is Cc1cc(C)nc(N2CCc3ccccc3C2CN)n1. The van der Waals surface area contributed by atoms with Gasteiger partial charge < -0.3 is 10.6 Å². The monoisotopic (exact) mass is 268 g/mol. The Labute approximate surface area is 119 Å². The summed E-state index contributed by atoms with van der Waals surface area (Å²) >= 11 is 0. The molecule has 1 unspecified atom stereocenters. The smallest absolute Gasteiger partial charge is 0.226 e. The van der Waals surface area contributed by atoms with Crippen LogP contribution in [-0.4, -0.2) is 23.1 Å². The number of hydrogen-bond acceptors (Lipinski definition) is 4. The lowest BCUT2D eigenvalue weighted by atomic mass is 9.93. The molecule has 0 saturated carbocycles. The van der Waals surface area contributed by atoms with E-state index in [0.717, 1.165) is 30.3 Å². The van der Waals surface area contributed by atoms with E-state index in [1.54, 1.807) is 0 Å². The van der Waals surface area contributed by atoms with Crippen LogP contribution in [0, 0.1) is 13.8 Å². The normalized spacial score (nSPS) is 17.9. The molecule has 0 bridgehead atoms. The minimum Gasteiger partial charge on any atom is -0.332 e. The van der Waals surface area contributed by atoms with Crippen LogP contribution in [0.15, 0.2) is 30.3 Å². The van der Waals surface area contributed by atoms with Crippen molar-refractivity contribution in [3.63, 3.8) is 0 Å². The molecule has 2 heterocycles. The molecule has 1 aliphatic rings. The van der Waals surface area contributed by atoms with Crippen LogP contribution in [0.25, 0.3) is 0 Å². The van der Waals surface area contributed by atoms with E-state index in [4.69, 9.17) is 5.73 Å². The van der Waals surface area contributed by atoms with Gasteiger partial charge in [0.15, 0.2) is 0 Å². The molecule has 4 heteroatoms. The maximum absolute atomic E-state index is 6.02. The molecule has 0 fully saturated rings. The summed E-state index contributed by atoms with van der Waals surface area (Å²) < 4.78 is 0. The van der Waals surface area contributed by atoms with Gasteiger partial charge in [-0.1, -0.05) is 24.3 Å². The Kier molecular flexibility index (Phi) is 3.40. The Morgan fingerprint density at radius 3 is 2.60 bits per heavy atom. The van der Waals surface area contributed by atoms with Gasteiger partial charge in [0, 0.05) is 24.5 Å². The summed E-state index contributed by atoms with van der Waals surface area (Å²) in [5.74, 6) is 0.799. The minimum atomic E-state index is 0.168. The molecule has 20 heavy (non-hydrogen) atoms. The van der Waals surface area contributed by atoms with Gasteiger partial charge in [-0.25, -0.2) is 9.97 Å². The van der Waals surface area contributed by atoms with E-state index < -0.39 is 0 Å². The number of nitrogens with zero attached hydrogens (tertiary/aromatic N) is 3. The van der Waals surface area contributed by atoms with Crippen molar-refractivity contribution >= 4 is 5.95 Å². The van der Waals surface area contributed by atoms with E-state index in [9.17, 15) is 0 Å². The molecule has 3 rings (SSSR count). The molecule has 4 nitrogen and oxygen atoms in total. The summed E-state index contributed by atoms with van der Waals surface area (Å²) in [6, 6.07) is 10.7. The number of rotatable bonds is 2. The molecule has 2 aromatic rings. The third kappa shape index (κ3) is 2.27. The highest BCUT2D eigenvalue weighted by atomic mass is 15.3. The lowest BCUT2D eigenvalue weighted by Gasteiger charge is -2.37. The van der Waals surface area contributed by atoms with Crippen LogP contribution >= 0.6 is 0 Å². The summed E-state index contributed by atoms with van der Waals surface area (Å²) in [4.78, 5) is 11.4. The van der Waals surface area contributed by atoms with E-state index in [1.165, 1.54) is 11.1 Å². The summed E-state index contributed by atoms with van der Waals surface area (Å²) in [5, 5.41) is 0. The predicted molar refractivity (Wildman–Crippen MR) is 80.8 cm³/mol. The zero-order valence-electron chi connectivity index (χ0n) is 12.0. The zero-order chi connectivity index (χ0) is 14.1. The van der Waals surface area contributed by atoms with Crippen molar-refractivity contribution in [3.8, 4) is 0 Å². The zero-order valence-corrected chi connectivity index (χ0v) is 12.0. The number of benzene rings is 1. The van der Waals surface area contributed by atoms with Gasteiger partial charge >= 0.3 is 0 Å². The number of fused-ring (bicyclic) bond motifs is 1. The molecular formula is C16H20N4. The molecule has 2 N–H and O–H groups in total. The van der Waals surface area contributed by atoms with Crippen LogP contribution in [0.2, 0.25) is 0 Å². The average Bonchev–Trinajstić information content (AvgIpc) is 2.45. The topological polar surface area (TPSA) is 55.0 Å². The van der Waals surface area contributed by atoms with Gasteiger partial charge in [0.2, 0.25) is 5.95 Å². The van der Waals surface area contributed by atoms with Crippen LogP contribution in [0.1, 0.15) is 28.6 Å². The lowest BCUT2D eigenvalue weighted by molar-refractivity contribution is 0.575. The van der Waals surface area contributed by atoms with E-state index in [1.807, 2.05) is 19.9 Å². The highest BCUT2D eigenvalue weighted by Gasteiger charge is 2.27. The second-order valence-electron chi connectivity index (χ2n) is 5.34. The van der Waals surface area contributed by atoms with Gasteiger partial charge in [-0.3, -0.25) is 0 Å². The Hall–Kier alpha value is -1.94. The Morgan fingerprint density at radius 2 is 1.90 bits per heavy atom. The van der Waals surface area contributed by atoms with Crippen molar-refractivity contribution in [2.75, 3.05) is 18.0 Å². The number of aryl methyl sites for hydroxylation is 2. The average molecular weight is 268 g/mol. The number of hydrogen-bond donors (Lipinski definition) is 1. The highest BCUT2D eigenvalue weighted by Crippen LogP contribution is 2.31. The number of anilines is 1. The van der Waals surface area contributed by atoms with E-state index >= 15 is 0 Å². The molecule has 0 spiro atoms. The fourth-order valence-corrected chi connectivity index (χ4v) is 2.98. The fourth-order valence-electron chi connectivity index (χ4n) is 2.98. The van der Waals surface area contributed by atoms with Crippen molar-refractivity contribution < 1.29 is 0 Å². The molecule has 0 amide bonds. The molecule has 1 aromatic carbocycles. The van der Waals surface area contributed by atoms with Gasteiger partial charge in [-0.15, -0.1) is 0 Å².